The van der Waals surface area contributed by atoms with E-state index in [0.29, 0.717) is 6.10 Å². The highest BCUT2D eigenvalue weighted by Gasteiger charge is 2.37. The van der Waals surface area contributed by atoms with Crippen LogP contribution in [0, 0.1) is 5.41 Å². The number of hydrogen-bond donors (Lipinski definition) is 1. The van der Waals surface area contributed by atoms with E-state index < -0.39 is 0 Å². The molecule has 2 heterocycles. The molecule has 0 aromatic rings. The molecule has 124 valence electrons. The highest BCUT2D eigenvalue weighted by Crippen LogP contribution is 2.30. The van der Waals surface area contributed by atoms with Crippen LogP contribution >= 0.6 is 0 Å². The lowest BCUT2D eigenvalue weighted by Gasteiger charge is -2.37. The van der Waals surface area contributed by atoms with Gasteiger partial charge in [-0.1, -0.05) is 6.92 Å². The van der Waals surface area contributed by atoms with E-state index in [4.69, 9.17) is 9.47 Å². The maximum Gasteiger partial charge on any atom is 0.0702 e. The van der Waals surface area contributed by atoms with Crippen molar-refractivity contribution in [3.8, 4) is 0 Å². The van der Waals surface area contributed by atoms with Crippen molar-refractivity contribution in [1.82, 2.24) is 10.2 Å². The molecular formula is C17H34N2O2. The fraction of sp³-hybridized carbons (Fsp3) is 1.00. The predicted molar refractivity (Wildman–Crippen MR) is 86.7 cm³/mol. The molecule has 2 atom stereocenters. The maximum absolute atomic E-state index is 5.81. The fourth-order valence-corrected chi connectivity index (χ4v) is 3.28. The monoisotopic (exact) mass is 298 g/mol. The van der Waals surface area contributed by atoms with Gasteiger partial charge < -0.3 is 19.7 Å². The van der Waals surface area contributed by atoms with Crippen LogP contribution in [0.5, 0.6) is 0 Å². The number of hydrogen-bond acceptors (Lipinski definition) is 4. The Hall–Kier alpha value is -0.160. The average molecular weight is 298 g/mol. The van der Waals surface area contributed by atoms with Crippen LogP contribution in [0.3, 0.4) is 0 Å². The molecule has 0 amide bonds. The molecule has 1 N–H and O–H groups in total. The van der Waals surface area contributed by atoms with Crippen LogP contribution in [0.1, 0.15) is 47.0 Å². The highest BCUT2D eigenvalue weighted by atomic mass is 16.5. The van der Waals surface area contributed by atoms with Gasteiger partial charge in [-0.25, -0.2) is 0 Å². The van der Waals surface area contributed by atoms with Crippen LogP contribution in [0.2, 0.25) is 0 Å². The Morgan fingerprint density at radius 2 is 2.10 bits per heavy atom. The van der Waals surface area contributed by atoms with E-state index in [1.165, 1.54) is 12.8 Å². The third-order valence-electron chi connectivity index (χ3n) is 4.67. The van der Waals surface area contributed by atoms with Crippen molar-refractivity contribution in [2.24, 2.45) is 5.41 Å². The van der Waals surface area contributed by atoms with Crippen molar-refractivity contribution < 1.29 is 9.47 Å². The lowest BCUT2D eigenvalue weighted by molar-refractivity contribution is 0.0490. The van der Waals surface area contributed by atoms with Crippen molar-refractivity contribution in [3.63, 3.8) is 0 Å². The number of nitrogens with zero attached hydrogens (tertiary/aromatic N) is 1. The van der Waals surface area contributed by atoms with E-state index in [1.807, 2.05) is 0 Å². The summed E-state index contributed by atoms with van der Waals surface area (Å²) in [5.41, 5.74) is 0.434. The quantitative estimate of drug-likeness (QED) is 0.782. The zero-order valence-electron chi connectivity index (χ0n) is 14.4. The maximum atomic E-state index is 5.81. The van der Waals surface area contributed by atoms with E-state index in [0.717, 1.165) is 52.4 Å². The Labute approximate surface area is 130 Å². The number of ether oxygens (including phenoxy) is 2. The summed E-state index contributed by atoms with van der Waals surface area (Å²) in [6, 6.07) is 0. The summed E-state index contributed by atoms with van der Waals surface area (Å²) in [7, 11) is 0. The van der Waals surface area contributed by atoms with Gasteiger partial charge in [-0.3, -0.25) is 0 Å². The first-order chi connectivity index (χ1) is 9.92. The Bertz CT molecular complexity index is 302. The van der Waals surface area contributed by atoms with Crippen LogP contribution in [-0.4, -0.2) is 62.5 Å². The molecule has 2 aliphatic rings. The van der Waals surface area contributed by atoms with Crippen molar-refractivity contribution in [3.05, 3.63) is 0 Å². The van der Waals surface area contributed by atoms with Crippen molar-refractivity contribution >= 4 is 0 Å². The molecule has 4 heteroatoms. The average Bonchev–Trinajstić information content (AvgIpc) is 3.07. The summed E-state index contributed by atoms with van der Waals surface area (Å²) < 4.78 is 11.6. The summed E-state index contributed by atoms with van der Waals surface area (Å²) in [5.74, 6) is 0. The normalized spacial score (nSPS) is 30.4. The molecule has 2 aliphatic heterocycles. The standard InChI is InChI=1S/C17H34N2O2/c1-5-19(11-15-7-6-9-21-15)13-17(8-10-20-14-17)12-18-16(2,3)4/h15,18H,5-14H2,1-4H3. The van der Waals surface area contributed by atoms with E-state index >= 15 is 0 Å². The highest BCUT2D eigenvalue weighted by molar-refractivity contribution is 4.91. The summed E-state index contributed by atoms with van der Waals surface area (Å²) in [6.45, 7) is 16.0. The first-order valence-corrected chi connectivity index (χ1v) is 8.59. The molecule has 0 aromatic carbocycles. The van der Waals surface area contributed by atoms with Crippen molar-refractivity contribution in [2.45, 2.75) is 58.6 Å². The van der Waals surface area contributed by atoms with Crippen LogP contribution in [0.25, 0.3) is 0 Å². The predicted octanol–water partition coefficient (Wildman–Crippen LogP) is 2.28. The summed E-state index contributed by atoms with van der Waals surface area (Å²) in [5, 5.41) is 3.69. The molecule has 2 fully saturated rings. The molecule has 2 unspecified atom stereocenters. The second-order valence-corrected chi connectivity index (χ2v) is 7.87. The molecule has 21 heavy (non-hydrogen) atoms. The second-order valence-electron chi connectivity index (χ2n) is 7.87. The smallest absolute Gasteiger partial charge is 0.0702 e. The molecule has 4 nitrogen and oxygen atoms in total. The molecule has 0 radical (unpaired) electrons. The molecule has 0 bridgehead atoms. The molecular weight excluding hydrogens is 264 g/mol. The second kappa shape index (κ2) is 7.40. The van der Waals surface area contributed by atoms with Crippen LogP contribution in [-0.2, 0) is 9.47 Å². The number of rotatable bonds is 7. The van der Waals surface area contributed by atoms with Gasteiger partial charge in [-0.15, -0.1) is 0 Å². The van der Waals surface area contributed by atoms with Gasteiger partial charge in [0.05, 0.1) is 12.7 Å². The van der Waals surface area contributed by atoms with Crippen LogP contribution in [0.4, 0.5) is 0 Å². The van der Waals surface area contributed by atoms with Crippen molar-refractivity contribution in [1.29, 1.82) is 0 Å². The van der Waals surface area contributed by atoms with Gasteiger partial charge in [0.2, 0.25) is 0 Å². The topological polar surface area (TPSA) is 33.7 Å². The third-order valence-corrected chi connectivity index (χ3v) is 4.67. The zero-order chi connectivity index (χ0) is 15.3. The van der Waals surface area contributed by atoms with Gasteiger partial charge >= 0.3 is 0 Å². The molecule has 0 spiro atoms. The first-order valence-electron chi connectivity index (χ1n) is 8.59. The van der Waals surface area contributed by atoms with Crippen LogP contribution < -0.4 is 5.32 Å². The van der Waals surface area contributed by atoms with Gasteiger partial charge in [0.15, 0.2) is 0 Å². The number of nitrogens with one attached hydrogen (secondary N) is 1. The molecule has 0 saturated carbocycles. The third kappa shape index (κ3) is 5.51. The fourth-order valence-electron chi connectivity index (χ4n) is 3.28. The Kier molecular flexibility index (Phi) is 6.06. The zero-order valence-corrected chi connectivity index (χ0v) is 14.4. The molecule has 2 rings (SSSR count). The SMILES string of the molecule is CCN(CC1CCCO1)CC1(CNC(C)(C)C)CCOC1. The van der Waals surface area contributed by atoms with Gasteiger partial charge in [-0.2, -0.15) is 0 Å². The van der Waals surface area contributed by atoms with E-state index in [9.17, 15) is 0 Å². The Balaban J connectivity index is 1.90. The molecule has 0 aliphatic carbocycles. The largest absolute Gasteiger partial charge is 0.381 e. The van der Waals surface area contributed by atoms with E-state index in [-0.39, 0.29) is 11.0 Å². The minimum Gasteiger partial charge on any atom is -0.381 e. The van der Waals surface area contributed by atoms with Gasteiger partial charge in [0.1, 0.15) is 0 Å². The van der Waals surface area contributed by atoms with Gasteiger partial charge in [-0.05, 0) is 46.6 Å². The molecule has 0 aromatic heterocycles. The summed E-state index contributed by atoms with van der Waals surface area (Å²) >= 11 is 0. The summed E-state index contributed by atoms with van der Waals surface area (Å²) in [4.78, 5) is 2.56. The van der Waals surface area contributed by atoms with Gasteiger partial charge in [0.25, 0.3) is 0 Å². The Morgan fingerprint density at radius 1 is 1.29 bits per heavy atom. The minimum absolute atomic E-state index is 0.168. The minimum atomic E-state index is 0.168. The lowest BCUT2D eigenvalue weighted by atomic mass is 9.85. The van der Waals surface area contributed by atoms with E-state index in [1.54, 1.807) is 0 Å². The first kappa shape index (κ1) is 17.2. The van der Waals surface area contributed by atoms with Gasteiger partial charge in [0, 0.05) is 43.8 Å². The summed E-state index contributed by atoms with van der Waals surface area (Å²) in [6.07, 6.45) is 4.06. The molecule has 2 saturated heterocycles. The van der Waals surface area contributed by atoms with E-state index in [2.05, 4.69) is 37.9 Å². The lowest BCUT2D eigenvalue weighted by Crippen LogP contribution is -2.50. The Morgan fingerprint density at radius 3 is 2.62 bits per heavy atom. The van der Waals surface area contributed by atoms with Crippen molar-refractivity contribution in [2.75, 3.05) is 46.0 Å². The van der Waals surface area contributed by atoms with Crippen LogP contribution in [0.15, 0.2) is 0 Å². The number of likely N-dealkylation sites (N-methyl/N-ethyl adjacent to an activating group) is 1.